The summed E-state index contributed by atoms with van der Waals surface area (Å²) >= 11 is 1.22. The van der Waals surface area contributed by atoms with E-state index in [1.807, 2.05) is 13.0 Å². The van der Waals surface area contributed by atoms with E-state index in [1.165, 1.54) is 28.8 Å². The molecule has 1 aliphatic heterocycles. The van der Waals surface area contributed by atoms with Crippen LogP contribution >= 0.6 is 11.8 Å². The number of rotatable bonds is 3. The van der Waals surface area contributed by atoms with Crippen LogP contribution in [0.25, 0.3) is 6.08 Å². The third kappa shape index (κ3) is 3.26. The van der Waals surface area contributed by atoms with Crippen LogP contribution in [0.4, 0.5) is 5.69 Å². The van der Waals surface area contributed by atoms with Crippen LogP contribution in [0.5, 0.6) is 0 Å². The molecule has 0 unspecified atom stereocenters. The molecule has 0 spiro atoms. The Labute approximate surface area is 142 Å². The van der Waals surface area contributed by atoms with Crippen LogP contribution in [0.2, 0.25) is 0 Å². The van der Waals surface area contributed by atoms with Crippen LogP contribution in [-0.2, 0) is 4.79 Å². The number of carbonyl (C=O) groups excluding carboxylic acids is 1. The maximum Gasteiger partial charge on any atom is 0.335 e. The summed E-state index contributed by atoms with van der Waals surface area (Å²) in [6.45, 7) is 1.83. The van der Waals surface area contributed by atoms with E-state index in [2.05, 4.69) is 4.99 Å². The summed E-state index contributed by atoms with van der Waals surface area (Å²) in [5, 5.41) is 9.52. The summed E-state index contributed by atoms with van der Waals surface area (Å²) in [7, 11) is 1.63. The molecule has 3 rings (SSSR count). The zero-order chi connectivity index (χ0) is 17.3. The van der Waals surface area contributed by atoms with Crippen LogP contribution in [-0.4, -0.2) is 34.1 Å². The Bertz CT molecular complexity index is 882. The number of hydrogen-bond donors (Lipinski definition) is 1. The molecule has 2 aromatic rings. The molecule has 1 N–H and O–H groups in total. The summed E-state index contributed by atoms with van der Waals surface area (Å²) < 4.78 is 5.46. The number of nitrogens with zero attached hydrogens (tertiary/aromatic N) is 2. The van der Waals surface area contributed by atoms with E-state index in [9.17, 15) is 9.59 Å². The average Bonchev–Trinajstić information content (AvgIpc) is 3.07. The fourth-order valence-electron chi connectivity index (χ4n) is 2.13. The fourth-order valence-corrected chi connectivity index (χ4v) is 3.10. The van der Waals surface area contributed by atoms with Gasteiger partial charge in [0, 0.05) is 13.1 Å². The number of amides is 1. The number of likely N-dealkylation sites (N-methyl/N-ethyl adjacent to an activating group) is 1. The number of aryl methyl sites for hydroxylation is 1. The van der Waals surface area contributed by atoms with Crippen molar-refractivity contribution in [2.45, 2.75) is 6.92 Å². The first-order valence-corrected chi connectivity index (χ1v) is 7.92. The number of hydrogen-bond acceptors (Lipinski definition) is 5. The molecule has 1 aromatic carbocycles. The van der Waals surface area contributed by atoms with Gasteiger partial charge in [-0.25, -0.2) is 9.79 Å². The van der Waals surface area contributed by atoms with Crippen molar-refractivity contribution in [3.63, 3.8) is 0 Å². The van der Waals surface area contributed by atoms with Crippen molar-refractivity contribution in [1.82, 2.24) is 4.90 Å². The number of benzene rings is 1. The van der Waals surface area contributed by atoms with Gasteiger partial charge in [0.1, 0.15) is 11.5 Å². The minimum Gasteiger partial charge on any atom is -0.478 e. The van der Waals surface area contributed by atoms with Gasteiger partial charge in [-0.2, -0.15) is 0 Å². The van der Waals surface area contributed by atoms with Crippen molar-refractivity contribution >= 4 is 40.6 Å². The molecular formula is C17H14N2O4S. The van der Waals surface area contributed by atoms with E-state index in [4.69, 9.17) is 9.52 Å². The normalized spacial score (nSPS) is 17.9. The van der Waals surface area contributed by atoms with Gasteiger partial charge in [-0.1, -0.05) is 6.07 Å². The molecule has 0 saturated carbocycles. The van der Waals surface area contributed by atoms with Gasteiger partial charge >= 0.3 is 5.97 Å². The van der Waals surface area contributed by atoms with E-state index in [0.717, 1.165) is 5.76 Å². The minimum absolute atomic E-state index is 0.149. The number of carboxylic acids is 1. The van der Waals surface area contributed by atoms with Crippen molar-refractivity contribution in [3.05, 3.63) is 58.4 Å². The molecule has 2 heterocycles. The monoisotopic (exact) mass is 342 g/mol. The van der Waals surface area contributed by atoms with Gasteiger partial charge in [0.2, 0.25) is 0 Å². The Kier molecular flexibility index (Phi) is 4.26. The highest BCUT2D eigenvalue weighted by molar-refractivity contribution is 8.18. The summed E-state index contributed by atoms with van der Waals surface area (Å²) in [6.07, 6.45) is 1.67. The molecular weight excluding hydrogens is 328 g/mol. The number of thioether (sulfide) groups is 1. The van der Waals surface area contributed by atoms with E-state index in [0.29, 0.717) is 21.5 Å². The largest absolute Gasteiger partial charge is 0.478 e. The zero-order valence-corrected chi connectivity index (χ0v) is 13.8. The molecule has 0 atom stereocenters. The predicted molar refractivity (Wildman–Crippen MR) is 92.3 cm³/mol. The lowest BCUT2D eigenvalue weighted by molar-refractivity contribution is -0.121. The van der Waals surface area contributed by atoms with Gasteiger partial charge < -0.3 is 9.52 Å². The number of aliphatic imine (C=N–C) groups is 1. The molecule has 0 aliphatic carbocycles. The summed E-state index contributed by atoms with van der Waals surface area (Å²) in [5.74, 6) is 0.174. The lowest BCUT2D eigenvalue weighted by atomic mass is 10.2. The van der Waals surface area contributed by atoms with Crippen LogP contribution in [0, 0.1) is 6.92 Å². The fraction of sp³-hybridized carbons (Fsp3) is 0.118. The van der Waals surface area contributed by atoms with Crippen LogP contribution < -0.4 is 0 Å². The van der Waals surface area contributed by atoms with E-state index in [1.54, 1.807) is 31.3 Å². The third-order valence-corrected chi connectivity index (χ3v) is 4.42. The van der Waals surface area contributed by atoms with Gasteiger partial charge in [-0.05, 0) is 49.0 Å². The Morgan fingerprint density at radius 2 is 2.12 bits per heavy atom. The summed E-state index contributed by atoms with van der Waals surface area (Å²) in [5.41, 5.74) is 0.628. The molecule has 1 fully saturated rings. The molecule has 7 heteroatoms. The van der Waals surface area contributed by atoms with Crippen molar-refractivity contribution in [3.8, 4) is 0 Å². The molecule has 122 valence electrons. The van der Waals surface area contributed by atoms with Crippen LogP contribution in [0.15, 0.2) is 50.7 Å². The maximum atomic E-state index is 12.3. The lowest BCUT2D eigenvalue weighted by Crippen LogP contribution is -2.23. The van der Waals surface area contributed by atoms with Crippen LogP contribution in [0.3, 0.4) is 0 Å². The molecule has 1 aliphatic rings. The van der Waals surface area contributed by atoms with Crippen molar-refractivity contribution in [2.24, 2.45) is 4.99 Å². The number of carbonyl (C=O) groups is 2. The summed E-state index contributed by atoms with van der Waals surface area (Å²) in [4.78, 5) is 29.6. The molecule has 1 amide bonds. The SMILES string of the molecule is Cc1ccc(/C=C2\SC(=Nc3cccc(C(=O)O)c3)N(C)C2=O)o1. The molecule has 0 radical (unpaired) electrons. The van der Waals surface area contributed by atoms with Crippen molar-refractivity contribution in [1.29, 1.82) is 0 Å². The predicted octanol–water partition coefficient (Wildman–Crippen LogP) is 3.52. The van der Waals surface area contributed by atoms with Gasteiger partial charge in [0.25, 0.3) is 5.91 Å². The maximum absolute atomic E-state index is 12.3. The first-order valence-electron chi connectivity index (χ1n) is 7.10. The van der Waals surface area contributed by atoms with Crippen LogP contribution in [0.1, 0.15) is 21.9 Å². The highest BCUT2D eigenvalue weighted by atomic mass is 32.2. The number of amidine groups is 1. The standard InChI is InChI=1S/C17H14N2O4S/c1-10-6-7-13(23-10)9-14-15(20)19(2)17(24-14)18-12-5-3-4-11(8-12)16(21)22/h3-9H,1-2H3,(H,21,22)/b14-9-,18-17?. The first kappa shape index (κ1) is 16.1. The molecule has 1 aromatic heterocycles. The Morgan fingerprint density at radius 3 is 2.79 bits per heavy atom. The molecule has 0 bridgehead atoms. The molecule has 24 heavy (non-hydrogen) atoms. The van der Waals surface area contributed by atoms with Crippen molar-refractivity contribution in [2.75, 3.05) is 7.05 Å². The Balaban J connectivity index is 1.90. The zero-order valence-electron chi connectivity index (χ0n) is 13.0. The summed E-state index contributed by atoms with van der Waals surface area (Å²) in [6, 6.07) is 9.88. The van der Waals surface area contributed by atoms with Gasteiger partial charge in [-0.15, -0.1) is 0 Å². The smallest absolute Gasteiger partial charge is 0.335 e. The third-order valence-electron chi connectivity index (χ3n) is 3.36. The van der Waals surface area contributed by atoms with Gasteiger partial charge in [0.15, 0.2) is 5.17 Å². The second-order valence-electron chi connectivity index (χ2n) is 5.17. The number of carboxylic acid groups (broad SMARTS) is 1. The highest BCUT2D eigenvalue weighted by Gasteiger charge is 2.30. The van der Waals surface area contributed by atoms with Gasteiger partial charge in [-0.3, -0.25) is 9.69 Å². The first-order chi connectivity index (χ1) is 11.4. The molecule has 6 nitrogen and oxygen atoms in total. The molecule has 1 saturated heterocycles. The quantitative estimate of drug-likeness (QED) is 0.863. The minimum atomic E-state index is -1.02. The highest BCUT2D eigenvalue weighted by Crippen LogP contribution is 2.33. The second kappa shape index (κ2) is 6.37. The van der Waals surface area contributed by atoms with E-state index < -0.39 is 5.97 Å². The Morgan fingerprint density at radius 1 is 1.33 bits per heavy atom. The Hall–Kier alpha value is -2.80. The van der Waals surface area contributed by atoms with Crippen molar-refractivity contribution < 1.29 is 19.1 Å². The number of furan rings is 1. The van der Waals surface area contributed by atoms with E-state index >= 15 is 0 Å². The number of aromatic carboxylic acids is 1. The van der Waals surface area contributed by atoms with Gasteiger partial charge in [0.05, 0.1) is 16.2 Å². The topological polar surface area (TPSA) is 83.1 Å². The van der Waals surface area contributed by atoms with E-state index in [-0.39, 0.29) is 11.5 Å². The second-order valence-corrected chi connectivity index (χ2v) is 6.18. The average molecular weight is 342 g/mol. The lowest BCUT2D eigenvalue weighted by Gasteiger charge is -2.07.